The average Bonchev–Trinajstić information content (AvgIpc) is 2.40. The van der Waals surface area contributed by atoms with E-state index in [0.29, 0.717) is 6.61 Å². The lowest BCUT2D eigenvalue weighted by Gasteiger charge is -2.39. The summed E-state index contributed by atoms with van der Waals surface area (Å²) in [6, 6.07) is 9.86. The first-order chi connectivity index (χ1) is 8.34. The van der Waals surface area contributed by atoms with Gasteiger partial charge < -0.3 is 14.6 Å². The number of allylic oxidation sites excluding steroid dienone is 1. The molecular formula is C14H16O3. The summed E-state index contributed by atoms with van der Waals surface area (Å²) in [4.78, 5) is 0. The maximum atomic E-state index is 9.90. The molecular weight excluding hydrogens is 216 g/mol. The largest absolute Gasteiger partial charge is 0.386 e. The van der Waals surface area contributed by atoms with Crippen LogP contribution in [0.25, 0.3) is 0 Å². The summed E-state index contributed by atoms with van der Waals surface area (Å²) < 4.78 is 11.6. The third-order valence-electron chi connectivity index (χ3n) is 3.39. The van der Waals surface area contributed by atoms with E-state index >= 15 is 0 Å². The SMILES string of the molecule is O[C@@H]1C=CC[C@@H]2COC(c3ccccc3)O[C@H]21. The lowest BCUT2D eigenvalue weighted by Crippen LogP contribution is -2.44. The van der Waals surface area contributed by atoms with Crippen LogP contribution < -0.4 is 0 Å². The Balaban J connectivity index is 1.77. The molecule has 1 unspecified atom stereocenters. The number of benzene rings is 1. The second-order valence-electron chi connectivity index (χ2n) is 4.59. The van der Waals surface area contributed by atoms with Crippen molar-refractivity contribution in [2.45, 2.75) is 24.9 Å². The Morgan fingerprint density at radius 1 is 1.18 bits per heavy atom. The van der Waals surface area contributed by atoms with Gasteiger partial charge in [0.1, 0.15) is 0 Å². The fourth-order valence-corrected chi connectivity index (χ4v) is 2.45. The van der Waals surface area contributed by atoms with E-state index < -0.39 is 6.10 Å². The molecule has 0 bridgehead atoms. The van der Waals surface area contributed by atoms with Gasteiger partial charge in [0, 0.05) is 11.5 Å². The highest BCUT2D eigenvalue weighted by Crippen LogP contribution is 2.34. The van der Waals surface area contributed by atoms with Gasteiger partial charge in [-0.3, -0.25) is 0 Å². The maximum Gasteiger partial charge on any atom is 0.184 e. The molecule has 0 amide bonds. The van der Waals surface area contributed by atoms with Gasteiger partial charge in [-0.1, -0.05) is 42.5 Å². The van der Waals surface area contributed by atoms with Crippen LogP contribution in [-0.4, -0.2) is 23.9 Å². The first-order valence-corrected chi connectivity index (χ1v) is 6.01. The van der Waals surface area contributed by atoms with Crippen molar-refractivity contribution in [2.24, 2.45) is 5.92 Å². The van der Waals surface area contributed by atoms with Crippen LogP contribution in [0.15, 0.2) is 42.5 Å². The fourth-order valence-electron chi connectivity index (χ4n) is 2.45. The molecule has 1 aliphatic carbocycles. The second-order valence-corrected chi connectivity index (χ2v) is 4.59. The van der Waals surface area contributed by atoms with Gasteiger partial charge in [0.15, 0.2) is 6.29 Å². The molecule has 1 saturated heterocycles. The van der Waals surface area contributed by atoms with Crippen LogP contribution in [-0.2, 0) is 9.47 Å². The Kier molecular flexibility index (Phi) is 2.97. The summed E-state index contributed by atoms with van der Waals surface area (Å²) in [5.41, 5.74) is 1.01. The van der Waals surface area contributed by atoms with E-state index in [1.54, 1.807) is 0 Å². The topological polar surface area (TPSA) is 38.7 Å². The summed E-state index contributed by atoms with van der Waals surface area (Å²) in [5.74, 6) is 0.273. The minimum atomic E-state index is -0.510. The monoisotopic (exact) mass is 232 g/mol. The molecule has 1 aromatic carbocycles. The lowest BCUT2D eigenvalue weighted by atomic mass is 9.89. The van der Waals surface area contributed by atoms with Gasteiger partial charge in [-0.05, 0) is 6.42 Å². The number of rotatable bonds is 1. The van der Waals surface area contributed by atoms with E-state index in [1.807, 2.05) is 42.5 Å². The zero-order valence-electron chi connectivity index (χ0n) is 9.53. The molecule has 1 aromatic rings. The lowest BCUT2D eigenvalue weighted by molar-refractivity contribution is -0.258. The zero-order valence-corrected chi connectivity index (χ0v) is 9.53. The predicted molar refractivity (Wildman–Crippen MR) is 63.3 cm³/mol. The molecule has 4 atom stereocenters. The van der Waals surface area contributed by atoms with Crippen molar-refractivity contribution < 1.29 is 14.6 Å². The number of fused-ring (bicyclic) bond motifs is 1. The van der Waals surface area contributed by atoms with Crippen molar-refractivity contribution in [1.82, 2.24) is 0 Å². The van der Waals surface area contributed by atoms with Crippen LogP contribution in [0, 0.1) is 5.92 Å². The van der Waals surface area contributed by atoms with Crippen molar-refractivity contribution in [3.63, 3.8) is 0 Å². The molecule has 17 heavy (non-hydrogen) atoms. The maximum absolute atomic E-state index is 9.90. The molecule has 0 spiro atoms. The van der Waals surface area contributed by atoms with E-state index in [4.69, 9.17) is 9.47 Å². The van der Waals surface area contributed by atoms with Crippen LogP contribution in [0.1, 0.15) is 18.3 Å². The van der Waals surface area contributed by atoms with Gasteiger partial charge in [-0.25, -0.2) is 0 Å². The van der Waals surface area contributed by atoms with Crippen molar-refractivity contribution in [1.29, 1.82) is 0 Å². The molecule has 1 heterocycles. The summed E-state index contributed by atoms with van der Waals surface area (Å²) in [6.45, 7) is 0.644. The van der Waals surface area contributed by atoms with Crippen molar-refractivity contribution in [2.75, 3.05) is 6.61 Å². The fraction of sp³-hybridized carbons (Fsp3) is 0.429. The molecule has 3 heteroatoms. The van der Waals surface area contributed by atoms with Crippen LogP contribution in [0.3, 0.4) is 0 Å². The van der Waals surface area contributed by atoms with Gasteiger partial charge in [-0.2, -0.15) is 0 Å². The first kappa shape index (κ1) is 11.0. The molecule has 1 fully saturated rings. The quantitative estimate of drug-likeness (QED) is 0.753. The van der Waals surface area contributed by atoms with Crippen molar-refractivity contribution >= 4 is 0 Å². The molecule has 0 saturated carbocycles. The smallest absolute Gasteiger partial charge is 0.184 e. The number of aliphatic hydroxyl groups is 1. The Morgan fingerprint density at radius 3 is 2.82 bits per heavy atom. The highest BCUT2D eigenvalue weighted by Gasteiger charge is 2.37. The van der Waals surface area contributed by atoms with Crippen molar-refractivity contribution in [3.05, 3.63) is 48.0 Å². The Labute approximate surface area is 101 Å². The molecule has 3 nitrogen and oxygen atoms in total. The molecule has 1 N–H and O–H groups in total. The molecule has 0 aromatic heterocycles. The van der Waals surface area contributed by atoms with Crippen LogP contribution in [0.4, 0.5) is 0 Å². The van der Waals surface area contributed by atoms with Gasteiger partial charge in [0.05, 0.1) is 18.8 Å². The standard InChI is InChI=1S/C14H16O3/c15-12-8-4-7-11-9-16-14(17-13(11)12)10-5-2-1-3-6-10/h1-6,8,11-15H,7,9H2/t11-,12-,13-,14?/m1/s1. The highest BCUT2D eigenvalue weighted by molar-refractivity contribution is 5.17. The van der Waals surface area contributed by atoms with Crippen molar-refractivity contribution in [3.8, 4) is 0 Å². The second kappa shape index (κ2) is 4.61. The molecule has 2 aliphatic rings. The van der Waals surface area contributed by atoms with Crippen LogP contribution in [0.2, 0.25) is 0 Å². The van der Waals surface area contributed by atoms with Crippen LogP contribution in [0.5, 0.6) is 0 Å². The molecule has 90 valence electrons. The Morgan fingerprint density at radius 2 is 2.00 bits per heavy atom. The number of hydrogen-bond acceptors (Lipinski definition) is 3. The van der Waals surface area contributed by atoms with Gasteiger partial charge >= 0.3 is 0 Å². The van der Waals surface area contributed by atoms with E-state index in [2.05, 4.69) is 0 Å². The Bertz CT molecular complexity index is 401. The highest BCUT2D eigenvalue weighted by atomic mass is 16.7. The molecule has 3 rings (SSSR count). The average molecular weight is 232 g/mol. The van der Waals surface area contributed by atoms with Gasteiger partial charge in [-0.15, -0.1) is 0 Å². The van der Waals surface area contributed by atoms with Gasteiger partial charge in [0.25, 0.3) is 0 Å². The van der Waals surface area contributed by atoms with E-state index in [0.717, 1.165) is 12.0 Å². The Hall–Kier alpha value is -1.16. The summed E-state index contributed by atoms with van der Waals surface area (Å²) in [5, 5.41) is 9.90. The number of ether oxygens (including phenoxy) is 2. The summed E-state index contributed by atoms with van der Waals surface area (Å²) in [7, 11) is 0. The van der Waals surface area contributed by atoms with E-state index in [1.165, 1.54) is 0 Å². The normalized spacial score (nSPS) is 36.5. The first-order valence-electron chi connectivity index (χ1n) is 6.01. The minimum Gasteiger partial charge on any atom is -0.386 e. The summed E-state index contributed by atoms with van der Waals surface area (Å²) in [6.07, 6.45) is 3.74. The van der Waals surface area contributed by atoms with E-state index in [9.17, 15) is 5.11 Å². The third kappa shape index (κ3) is 2.14. The zero-order chi connectivity index (χ0) is 11.7. The predicted octanol–water partition coefficient (Wildman–Crippen LogP) is 2.04. The summed E-state index contributed by atoms with van der Waals surface area (Å²) >= 11 is 0. The third-order valence-corrected chi connectivity index (χ3v) is 3.39. The minimum absolute atomic E-state index is 0.140. The number of aliphatic hydroxyl groups excluding tert-OH is 1. The number of hydrogen-bond donors (Lipinski definition) is 1. The molecule has 1 aliphatic heterocycles. The van der Waals surface area contributed by atoms with Crippen LogP contribution >= 0.6 is 0 Å². The molecule has 0 radical (unpaired) electrons. The van der Waals surface area contributed by atoms with E-state index in [-0.39, 0.29) is 18.3 Å². The van der Waals surface area contributed by atoms with Gasteiger partial charge in [0.2, 0.25) is 0 Å².